The Morgan fingerprint density at radius 3 is 2.71 bits per heavy atom. The van der Waals surface area contributed by atoms with E-state index in [1.165, 1.54) is 11.3 Å². The molecule has 17 heavy (non-hydrogen) atoms. The van der Waals surface area contributed by atoms with Crippen LogP contribution < -0.4 is 10.6 Å². The van der Waals surface area contributed by atoms with E-state index in [9.17, 15) is 0 Å². The summed E-state index contributed by atoms with van der Waals surface area (Å²) in [7, 11) is 0. The van der Waals surface area contributed by atoms with Crippen LogP contribution in [0.3, 0.4) is 0 Å². The third-order valence-electron chi connectivity index (χ3n) is 3.42. The Hall–Kier alpha value is -1.53. The third-order valence-corrected chi connectivity index (χ3v) is 3.42. The number of hydrogen-bond donors (Lipinski definition) is 1. The van der Waals surface area contributed by atoms with Crippen LogP contribution in [0.1, 0.15) is 31.7 Å². The molecule has 1 saturated heterocycles. The van der Waals surface area contributed by atoms with Gasteiger partial charge in [0.1, 0.15) is 5.54 Å². The fourth-order valence-electron chi connectivity index (χ4n) is 2.39. The van der Waals surface area contributed by atoms with Gasteiger partial charge in [-0.1, -0.05) is 32.0 Å². The van der Waals surface area contributed by atoms with E-state index < -0.39 is 5.54 Å². The standard InChI is InChI=1S/C14H19N3/c1-11(2)12-5-3-4-6-13(12)17-8-7-14(16,9-15)10-17/h3-6,11H,7-8,10,16H2,1-2H3. The van der Waals surface area contributed by atoms with E-state index in [0.29, 0.717) is 12.5 Å². The highest BCUT2D eigenvalue weighted by molar-refractivity contribution is 5.56. The lowest BCUT2D eigenvalue weighted by molar-refractivity contribution is 0.605. The smallest absolute Gasteiger partial charge is 0.123 e. The minimum absolute atomic E-state index is 0.487. The van der Waals surface area contributed by atoms with E-state index in [4.69, 9.17) is 11.0 Å². The fraction of sp³-hybridized carbons (Fsp3) is 0.500. The highest BCUT2D eigenvalue weighted by Crippen LogP contribution is 2.31. The maximum Gasteiger partial charge on any atom is 0.123 e. The Morgan fingerprint density at radius 2 is 2.12 bits per heavy atom. The molecule has 3 heteroatoms. The lowest BCUT2D eigenvalue weighted by Crippen LogP contribution is -2.41. The van der Waals surface area contributed by atoms with Crippen LogP contribution in [0.4, 0.5) is 5.69 Å². The molecule has 1 fully saturated rings. The van der Waals surface area contributed by atoms with Crippen molar-refractivity contribution in [2.75, 3.05) is 18.0 Å². The number of para-hydroxylation sites is 1. The minimum atomic E-state index is -0.676. The zero-order valence-corrected chi connectivity index (χ0v) is 10.5. The van der Waals surface area contributed by atoms with Crippen molar-refractivity contribution in [2.24, 2.45) is 5.73 Å². The van der Waals surface area contributed by atoms with Gasteiger partial charge in [0.25, 0.3) is 0 Å². The van der Waals surface area contributed by atoms with Gasteiger partial charge in [0.15, 0.2) is 0 Å². The van der Waals surface area contributed by atoms with Gasteiger partial charge < -0.3 is 10.6 Å². The molecule has 1 unspecified atom stereocenters. The second-order valence-electron chi connectivity index (χ2n) is 5.15. The van der Waals surface area contributed by atoms with Crippen LogP contribution in [0.2, 0.25) is 0 Å². The van der Waals surface area contributed by atoms with Crippen molar-refractivity contribution < 1.29 is 0 Å². The number of nitrogens with two attached hydrogens (primary N) is 1. The summed E-state index contributed by atoms with van der Waals surface area (Å²) in [5.74, 6) is 0.487. The van der Waals surface area contributed by atoms with Crippen molar-refractivity contribution >= 4 is 5.69 Å². The summed E-state index contributed by atoms with van der Waals surface area (Å²) in [6, 6.07) is 10.6. The molecule has 1 aromatic carbocycles. The van der Waals surface area contributed by atoms with Gasteiger partial charge >= 0.3 is 0 Å². The molecule has 1 atom stereocenters. The molecule has 90 valence electrons. The number of nitrogens with zero attached hydrogens (tertiary/aromatic N) is 2. The summed E-state index contributed by atoms with van der Waals surface area (Å²) in [6.07, 6.45) is 0.746. The quantitative estimate of drug-likeness (QED) is 0.846. The Balaban J connectivity index is 2.28. The first-order valence-electron chi connectivity index (χ1n) is 6.10. The molecule has 0 saturated carbocycles. The van der Waals surface area contributed by atoms with E-state index in [-0.39, 0.29) is 0 Å². The Labute approximate surface area is 103 Å². The van der Waals surface area contributed by atoms with Gasteiger partial charge in [-0.3, -0.25) is 0 Å². The van der Waals surface area contributed by atoms with Crippen molar-refractivity contribution in [3.8, 4) is 6.07 Å². The molecular weight excluding hydrogens is 210 g/mol. The summed E-state index contributed by atoms with van der Waals surface area (Å²) >= 11 is 0. The maximum absolute atomic E-state index is 9.07. The first kappa shape index (κ1) is 11.9. The molecule has 1 heterocycles. The van der Waals surface area contributed by atoms with Gasteiger partial charge in [-0.05, 0) is 24.0 Å². The van der Waals surface area contributed by atoms with Crippen LogP contribution in [-0.4, -0.2) is 18.6 Å². The highest BCUT2D eigenvalue weighted by Gasteiger charge is 2.35. The van der Waals surface area contributed by atoms with E-state index in [1.54, 1.807) is 0 Å². The minimum Gasteiger partial charge on any atom is -0.368 e. The topological polar surface area (TPSA) is 53.0 Å². The summed E-state index contributed by atoms with van der Waals surface area (Å²) in [5.41, 5.74) is 7.89. The molecule has 0 amide bonds. The molecule has 0 aliphatic carbocycles. The molecule has 3 nitrogen and oxygen atoms in total. The second kappa shape index (κ2) is 4.38. The van der Waals surface area contributed by atoms with Crippen LogP contribution in [-0.2, 0) is 0 Å². The SMILES string of the molecule is CC(C)c1ccccc1N1CCC(N)(C#N)C1. The number of hydrogen-bond acceptors (Lipinski definition) is 3. The van der Waals surface area contributed by atoms with Gasteiger partial charge in [-0.25, -0.2) is 0 Å². The van der Waals surface area contributed by atoms with Crippen molar-refractivity contribution in [3.05, 3.63) is 29.8 Å². The maximum atomic E-state index is 9.07. The molecular formula is C14H19N3. The second-order valence-corrected chi connectivity index (χ2v) is 5.15. The predicted octanol–water partition coefficient (Wildman–Crippen LogP) is 2.24. The van der Waals surface area contributed by atoms with Crippen LogP contribution >= 0.6 is 0 Å². The third kappa shape index (κ3) is 2.27. The molecule has 1 aliphatic heterocycles. The summed E-state index contributed by atoms with van der Waals surface area (Å²) in [5, 5.41) is 9.07. The first-order chi connectivity index (χ1) is 8.06. The largest absolute Gasteiger partial charge is 0.368 e. The molecule has 2 rings (SSSR count). The average molecular weight is 229 g/mol. The van der Waals surface area contributed by atoms with E-state index >= 15 is 0 Å². The van der Waals surface area contributed by atoms with Crippen LogP contribution in [0.15, 0.2) is 24.3 Å². The predicted molar refractivity (Wildman–Crippen MR) is 69.9 cm³/mol. The van der Waals surface area contributed by atoms with Crippen LogP contribution in [0.25, 0.3) is 0 Å². The normalized spacial score (nSPS) is 24.1. The van der Waals surface area contributed by atoms with Crippen LogP contribution in [0.5, 0.6) is 0 Å². The number of anilines is 1. The average Bonchev–Trinajstić information content (AvgIpc) is 2.73. The zero-order chi connectivity index (χ0) is 12.5. The molecule has 0 radical (unpaired) electrons. The number of nitriles is 1. The van der Waals surface area contributed by atoms with E-state index in [2.05, 4.69) is 43.0 Å². The van der Waals surface area contributed by atoms with Gasteiger partial charge in [0, 0.05) is 18.8 Å². The molecule has 1 aliphatic rings. The van der Waals surface area contributed by atoms with Gasteiger partial charge in [0.05, 0.1) is 6.07 Å². The lowest BCUT2D eigenvalue weighted by Gasteiger charge is -2.24. The van der Waals surface area contributed by atoms with E-state index in [1.807, 2.05) is 6.07 Å². The Bertz CT molecular complexity index is 447. The first-order valence-corrected chi connectivity index (χ1v) is 6.10. The van der Waals surface area contributed by atoms with Gasteiger partial charge in [0.2, 0.25) is 0 Å². The highest BCUT2D eigenvalue weighted by atomic mass is 15.2. The molecule has 0 bridgehead atoms. The van der Waals surface area contributed by atoms with E-state index in [0.717, 1.165) is 13.0 Å². The summed E-state index contributed by atoms with van der Waals surface area (Å²) in [4.78, 5) is 2.23. The van der Waals surface area contributed by atoms with Crippen molar-refractivity contribution in [1.29, 1.82) is 5.26 Å². The monoisotopic (exact) mass is 229 g/mol. The van der Waals surface area contributed by atoms with Crippen molar-refractivity contribution in [2.45, 2.75) is 31.7 Å². The van der Waals surface area contributed by atoms with Crippen LogP contribution in [0, 0.1) is 11.3 Å². The summed E-state index contributed by atoms with van der Waals surface area (Å²) < 4.78 is 0. The van der Waals surface area contributed by atoms with Crippen molar-refractivity contribution in [3.63, 3.8) is 0 Å². The van der Waals surface area contributed by atoms with Crippen molar-refractivity contribution in [1.82, 2.24) is 0 Å². The van der Waals surface area contributed by atoms with Gasteiger partial charge in [-0.2, -0.15) is 5.26 Å². The molecule has 0 spiro atoms. The Morgan fingerprint density at radius 1 is 1.41 bits per heavy atom. The van der Waals surface area contributed by atoms with Gasteiger partial charge in [-0.15, -0.1) is 0 Å². The summed E-state index contributed by atoms with van der Waals surface area (Å²) in [6.45, 7) is 5.88. The number of rotatable bonds is 2. The number of benzene rings is 1. The molecule has 2 N–H and O–H groups in total. The molecule has 0 aromatic heterocycles. The zero-order valence-electron chi connectivity index (χ0n) is 10.5. The lowest BCUT2D eigenvalue weighted by atomic mass is 10.00. The Kier molecular flexibility index (Phi) is 3.08. The molecule has 1 aromatic rings. The fourth-order valence-corrected chi connectivity index (χ4v) is 2.39.